The Kier molecular flexibility index (Phi) is 3.82. The lowest BCUT2D eigenvalue weighted by Gasteiger charge is -2.25. The van der Waals surface area contributed by atoms with Gasteiger partial charge in [0.25, 0.3) is 5.56 Å². The maximum atomic E-state index is 12.8. The Balaban J connectivity index is 2.03. The summed E-state index contributed by atoms with van der Waals surface area (Å²) in [5.41, 5.74) is 7.28. The van der Waals surface area contributed by atoms with Crippen molar-refractivity contribution in [2.45, 2.75) is 12.8 Å². The lowest BCUT2D eigenvalue weighted by atomic mass is 9.85. The summed E-state index contributed by atoms with van der Waals surface area (Å²) < 4.78 is 6.38. The first kappa shape index (κ1) is 16.1. The van der Waals surface area contributed by atoms with Crippen molar-refractivity contribution in [1.29, 1.82) is 5.26 Å². The van der Waals surface area contributed by atoms with Crippen LogP contribution in [-0.2, 0) is 0 Å². The Morgan fingerprint density at radius 3 is 3.08 bits per heavy atom. The molecule has 3 aromatic rings. The number of nitrogens with two attached hydrogens (primary N) is 1. The zero-order valence-electron chi connectivity index (χ0n) is 13.7. The van der Waals surface area contributed by atoms with Crippen LogP contribution in [0.2, 0.25) is 0 Å². The second kappa shape index (κ2) is 6.16. The molecule has 1 unspecified atom stereocenters. The molecule has 0 amide bonds. The Labute approximate surface area is 152 Å². The van der Waals surface area contributed by atoms with E-state index in [0.29, 0.717) is 38.9 Å². The molecule has 0 aromatic carbocycles. The summed E-state index contributed by atoms with van der Waals surface area (Å²) in [5, 5.41) is 13.4. The molecule has 0 radical (unpaired) electrons. The molecule has 0 fully saturated rings. The van der Waals surface area contributed by atoms with Gasteiger partial charge in [-0.2, -0.15) is 5.26 Å². The van der Waals surface area contributed by atoms with Gasteiger partial charge >= 0.3 is 0 Å². The van der Waals surface area contributed by atoms with Crippen molar-refractivity contribution in [3.8, 4) is 11.8 Å². The fourth-order valence-corrected chi connectivity index (χ4v) is 3.99. The molecule has 0 bridgehead atoms. The van der Waals surface area contributed by atoms with Crippen LogP contribution in [0.25, 0.3) is 10.3 Å². The van der Waals surface area contributed by atoms with Gasteiger partial charge in [0.2, 0.25) is 5.88 Å². The summed E-state index contributed by atoms with van der Waals surface area (Å²) in [6, 6.07) is 5.62. The number of nitrogens with one attached hydrogen (secondary N) is 2. The molecule has 3 aromatic heterocycles. The molecule has 0 aliphatic carbocycles. The largest absolute Gasteiger partial charge is 0.438 e. The van der Waals surface area contributed by atoms with Crippen molar-refractivity contribution < 1.29 is 4.74 Å². The van der Waals surface area contributed by atoms with Crippen molar-refractivity contribution in [2.75, 3.05) is 11.9 Å². The van der Waals surface area contributed by atoms with Crippen LogP contribution in [0.1, 0.15) is 24.0 Å². The molecule has 0 saturated carbocycles. The van der Waals surface area contributed by atoms with E-state index < -0.39 is 5.92 Å². The number of rotatable bonds is 3. The zero-order valence-corrected chi connectivity index (χ0v) is 14.6. The number of aromatic amines is 1. The summed E-state index contributed by atoms with van der Waals surface area (Å²) in [7, 11) is 0. The number of hydrogen-bond acceptors (Lipinski definition) is 8. The molecule has 1 atom stereocenters. The minimum Gasteiger partial charge on any atom is -0.438 e. The normalized spacial score (nSPS) is 16.1. The van der Waals surface area contributed by atoms with Crippen molar-refractivity contribution in [3.63, 3.8) is 0 Å². The number of anilines is 1. The molecular weight excluding hydrogens is 352 g/mol. The maximum absolute atomic E-state index is 12.8. The molecule has 1 aliphatic rings. The third-order valence-electron chi connectivity index (χ3n) is 4.08. The van der Waals surface area contributed by atoms with Crippen LogP contribution in [0.15, 0.2) is 40.8 Å². The van der Waals surface area contributed by atoms with Gasteiger partial charge in [0.15, 0.2) is 16.5 Å². The van der Waals surface area contributed by atoms with E-state index in [9.17, 15) is 10.1 Å². The molecule has 4 N–H and O–H groups in total. The second-order valence-electron chi connectivity index (χ2n) is 5.64. The molecule has 1 aliphatic heterocycles. The number of thiazole rings is 1. The third-order valence-corrected chi connectivity index (χ3v) is 5.09. The van der Waals surface area contributed by atoms with Crippen LogP contribution >= 0.6 is 11.3 Å². The van der Waals surface area contributed by atoms with Gasteiger partial charge in [-0.25, -0.2) is 4.98 Å². The quantitative estimate of drug-likeness (QED) is 0.646. The highest BCUT2D eigenvalue weighted by Crippen LogP contribution is 2.44. The Morgan fingerprint density at radius 2 is 2.38 bits per heavy atom. The molecular formula is C17H14N6O2S. The highest BCUT2D eigenvalue weighted by atomic mass is 32.1. The van der Waals surface area contributed by atoms with E-state index in [2.05, 4.69) is 26.3 Å². The Bertz CT molecular complexity index is 1130. The minimum atomic E-state index is -0.643. The second-order valence-corrected chi connectivity index (χ2v) is 6.63. The topological polar surface area (TPSA) is 130 Å². The summed E-state index contributed by atoms with van der Waals surface area (Å²) in [4.78, 5) is 24.1. The zero-order chi connectivity index (χ0) is 18.3. The third kappa shape index (κ3) is 2.39. The molecule has 4 heterocycles. The lowest BCUT2D eigenvalue weighted by Crippen LogP contribution is -2.27. The van der Waals surface area contributed by atoms with Gasteiger partial charge in [-0.1, -0.05) is 17.4 Å². The summed E-state index contributed by atoms with van der Waals surface area (Å²) in [5.74, 6) is -0.315. The predicted molar refractivity (Wildman–Crippen MR) is 97.9 cm³/mol. The van der Waals surface area contributed by atoms with Gasteiger partial charge in [0.05, 0.1) is 11.5 Å². The van der Waals surface area contributed by atoms with Crippen molar-refractivity contribution >= 4 is 26.8 Å². The summed E-state index contributed by atoms with van der Waals surface area (Å²) >= 11 is 1.36. The molecule has 130 valence electrons. The van der Waals surface area contributed by atoms with E-state index in [4.69, 9.17) is 10.5 Å². The van der Waals surface area contributed by atoms with Crippen LogP contribution in [0.3, 0.4) is 0 Å². The number of nitrogens with zero attached hydrogens (tertiary/aromatic N) is 3. The first-order valence-corrected chi connectivity index (χ1v) is 8.73. The van der Waals surface area contributed by atoms with E-state index in [-0.39, 0.29) is 17.0 Å². The van der Waals surface area contributed by atoms with E-state index in [1.807, 2.05) is 6.92 Å². The average molecular weight is 366 g/mol. The molecule has 4 rings (SSSR count). The van der Waals surface area contributed by atoms with Crippen molar-refractivity contribution in [1.82, 2.24) is 15.0 Å². The van der Waals surface area contributed by atoms with Gasteiger partial charge in [0.1, 0.15) is 16.3 Å². The number of pyridine rings is 2. The van der Waals surface area contributed by atoms with Gasteiger partial charge < -0.3 is 20.8 Å². The maximum Gasteiger partial charge on any atom is 0.257 e. The van der Waals surface area contributed by atoms with Crippen LogP contribution in [0.4, 0.5) is 5.13 Å². The van der Waals surface area contributed by atoms with Gasteiger partial charge in [-0.15, -0.1) is 0 Å². The standard InChI is InChI=1S/C17H14N6O2S/c1-2-21-17-23-15-13(26-17)12-11(16(24)22-15)10(8-4-3-5-20-7-8)9(6-18)14(19)25-12/h3-5,7,10H,2,19H2,1H3,(H2,21,22,23,24). The monoisotopic (exact) mass is 366 g/mol. The van der Waals surface area contributed by atoms with Gasteiger partial charge in [-0.3, -0.25) is 9.78 Å². The van der Waals surface area contributed by atoms with Crippen LogP contribution in [0, 0.1) is 11.3 Å². The highest BCUT2D eigenvalue weighted by Gasteiger charge is 2.35. The fourth-order valence-electron chi connectivity index (χ4n) is 3.00. The van der Waals surface area contributed by atoms with Crippen LogP contribution in [0.5, 0.6) is 5.75 Å². The minimum absolute atomic E-state index is 0.0147. The highest BCUT2D eigenvalue weighted by molar-refractivity contribution is 7.22. The van der Waals surface area contributed by atoms with E-state index in [0.717, 1.165) is 0 Å². The molecule has 0 saturated heterocycles. The SMILES string of the molecule is CCNc1nc2[nH]c(=O)c3c(c2s1)OC(N)=C(C#N)C3c1cccnc1. The van der Waals surface area contributed by atoms with E-state index in [1.165, 1.54) is 11.3 Å². The lowest BCUT2D eigenvalue weighted by molar-refractivity contribution is 0.397. The average Bonchev–Trinajstić information content (AvgIpc) is 3.04. The van der Waals surface area contributed by atoms with Crippen LogP contribution < -0.4 is 21.3 Å². The fraction of sp³-hybridized carbons (Fsp3) is 0.176. The van der Waals surface area contributed by atoms with E-state index >= 15 is 0 Å². The number of allylic oxidation sites excluding steroid dienone is 1. The van der Waals surface area contributed by atoms with Crippen molar-refractivity contribution in [2.24, 2.45) is 5.73 Å². The van der Waals surface area contributed by atoms with Crippen molar-refractivity contribution in [3.05, 3.63) is 57.5 Å². The number of ether oxygens (including phenoxy) is 1. The number of hydrogen-bond donors (Lipinski definition) is 3. The van der Waals surface area contributed by atoms with Crippen LogP contribution in [-0.4, -0.2) is 21.5 Å². The number of H-pyrrole nitrogens is 1. The van der Waals surface area contributed by atoms with Gasteiger partial charge in [-0.05, 0) is 18.6 Å². The summed E-state index contributed by atoms with van der Waals surface area (Å²) in [6.45, 7) is 2.66. The smallest absolute Gasteiger partial charge is 0.257 e. The number of fused-ring (bicyclic) bond motifs is 3. The van der Waals surface area contributed by atoms with E-state index in [1.54, 1.807) is 24.5 Å². The number of nitriles is 1. The predicted octanol–water partition coefficient (Wildman–Crippen LogP) is 2.03. The summed E-state index contributed by atoms with van der Waals surface area (Å²) in [6.07, 6.45) is 3.24. The molecule has 26 heavy (non-hydrogen) atoms. The number of aromatic nitrogens is 3. The Hall–Kier alpha value is -3.38. The molecule has 8 nitrogen and oxygen atoms in total. The Morgan fingerprint density at radius 1 is 1.54 bits per heavy atom. The first-order chi connectivity index (χ1) is 12.6. The first-order valence-electron chi connectivity index (χ1n) is 7.92. The molecule has 0 spiro atoms. The molecule has 9 heteroatoms. The van der Waals surface area contributed by atoms with Gasteiger partial charge in [0, 0.05) is 18.9 Å².